The van der Waals surface area contributed by atoms with Gasteiger partial charge in [-0.25, -0.2) is 0 Å². The third-order valence-electron chi connectivity index (χ3n) is 2.90. The van der Waals surface area contributed by atoms with E-state index in [9.17, 15) is 4.79 Å². The Balaban J connectivity index is 2.29. The Morgan fingerprint density at radius 1 is 0.941 bits per heavy atom. The van der Waals surface area contributed by atoms with E-state index in [0.29, 0.717) is 5.69 Å². The molecule has 3 rings (SSSR count). The lowest BCUT2D eigenvalue weighted by atomic mass is 10.0. The van der Waals surface area contributed by atoms with Gasteiger partial charge in [-0.3, -0.25) is 4.79 Å². The van der Waals surface area contributed by atoms with Gasteiger partial charge in [0.15, 0.2) is 6.29 Å². The number of aromatic nitrogens is 1. The fourth-order valence-corrected chi connectivity index (χ4v) is 2.11. The lowest BCUT2D eigenvalue weighted by molar-refractivity contribution is 0.112. The second-order valence-electron chi connectivity index (χ2n) is 3.98. The second kappa shape index (κ2) is 3.91. The smallest absolute Gasteiger partial charge is 0.166 e. The summed E-state index contributed by atoms with van der Waals surface area (Å²) in [4.78, 5) is 13.9. The highest BCUT2D eigenvalue weighted by molar-refractivity contribution is 5.98. The number of rotatable bonds is 2. The van der Waals surface area contributed by atoms with Crippen LogP contribution in [-0.2, 0) is 0 Å². The molecule has 0 spiro atoms. The molecule has 0 aliphatic rings. The summed E-state index contributed by atoms with van der Waals surface area (Å²) in [5.74, 6) is 0. The topological polar surface area (TPSA) is 32.9 Å². The van der Waals surface area contributed by atoms with Crippen molar-refractivity contribution in [3.63, 3.8) is 0 Å². The van der Waals surface area contributed by atoms with Gasteiger partial charge >= 0.3 is 0 Å². The van der Waals surface area contributed by atoms with Crippen LogP contribution in [0.5, 0.6) is 0 Å². The molecular weight excluding hydrogens is 210 g/mol. The van der Waals surface area contributed by atoms with Crippen molar-refractivity contribution in [3.05, 3.63) is 60.3 Å². The largest absolute Gasteiger partial charge is 0.352 e. The van der Waals surface area contributed by atoms with Crippen LogP contribution in [0.25, 0.3) is 22.0 Å². The molecule has 0 saturated carbocycles. The summed E-state index contributed by atoms with van der Waals surface area (Å²) < 4.78 is 0. The van der Waals surface area contributed by atoms with Crippen molar-refractivity contribution >= 4 is 17.2 Å². The van der Waals surface area contributed by atoms with E-state index in [-0.39, 0.29) is 0 Å². The molecular formula is C15H11NO. The first-order valence-electron chi connectivity index (χ1n) is 5.51. The van der Waals surface area contributed by atoms with Gasteiger partial charge in [-0.1, -0.05) is 42.5 Å². The Morgan fingerprint density at radius 3 is 2.53 bits per heavy atom. The molecule has 0 atom stereocenters. The molecule has 0 unspecified atom stereocenters. The zero-order chi connectivity index (χ0) is 11.7. The van der Waals surface area contributed by atoms with Gasteiger partial charge in [-0.15, -0.1) is 0 Å². The van der Waals surface area contributed by atoms with Gasteiger partial charge in [-0.2, -0.15) is 0 Å². The summed E-state index contributed by atoms with van der Waals surface area (Å²) in [7, 11) is 0. The molecule has 1 N–H and O–H groups in total. The van der Waals surface area contributed by atoms with E-state index >= 15 is 0 Å². The molecule has 0 amide bonds. The van der Waals surface area contributed by atoms with Crippen LogP contribution >= 0.6 is 0 Å². The highest BCUT2D eigenvalue weighted by Gasteiger charge is 2.06. The van der Waals surface area contributed by atoms with Gasteiger partial charge in [0.05, 0.1) is 5.69 Å². The van der Waals surface area contributed by atoms with Crippen molar-refractivity contribution in [2.45, 2.75) is 0 Å². The monoisotopic (exact) mass is 221 g/mol. The molecule has 2 heteroatoms. The molecule has 1 aromatic heterocycles. The number of aldehydes is 1. The van der Waals surface area contributed by atoms with Crippen molar-refractivity contribution in [1.82, 2.24) is 4.98 Å². The Hall–Kier alpha value is -2.35. The number of fused-ring (bicyclic) bond motifs is 1. The molecule has 3 aromatic rings. The maximum atomic E-state index is 10.8. The van der Waals surface area contributed by atoms with Crippen molar-refractivity contribution in [1.29, 1.82) is 0 Å². The molecule has 2 aromatic carbocycles. The quantitative estimate of drug-likeness (QED) is 0.658. The Kier molecular flexibility index (Phi) is 2.26. The van der Waals surface area contributed by atoms with E-state index in [1.807, 2.05) is 36.4 Å². The number of benzene rings is 2. The molecule has 0 bridgehead atoms. The van der Waals surface area contributed by atoms with Gasteiger partial charge in [0.25, 0.3) is 0 Å². The first-order valence-corrected chi connectivity index (χ1v) is 5.51. The van der Waals surface area contributed by atoms with Crippen molar-refractivity contribution in [2.75, 3.05) is 0 Å². The number of H-pyrrole nitrogens is 1. The minimum Gasteiger partial charge on any atom is -0.352 e. The number of hydrogen-bond donors (Lipinski definition) is 1. The summed E-state index contributed by atoms with van der Waals surface area (Å²) in [5.41, 5.74) is 3.92. The zero-order valence-electron chi connectivity index (χ0n) is 9.18. The highest BCUT2D eigenvalue weighted by Crippen LogP contribution is 2.28. The minimum absolute atomic E-state index is 0.614. The predicted molar refractivity (Wildman–Crippen MR) is 69.1 cm³/mol. The lowest BCUT2D eigenvalue weighted by Crippen LogP contribution is -1.77. The van der Waals surface area contributed by atoms with Crippen LogP contribution in [0, 0.1) is 0 Å². The predicted octanol–water partition coefficient (Wildman–Crippen LogP) is 3.65. The Bertz CT molecular complexity index is 668. The molecule has 17 heavy (non-hydrogen) atoms. The van der Waals surface area contributed by atoms with Crippen LogP contribution in [0.1, 0.15) is 10.5 Å². The Labute approximate surface area is 98.9 Å². The van der Waals surface area contributed by atoms with Crippen LogP contribution in [-0.4, -0.2) is 11.3 Å². The average molecular weight is 221 g/mol. The maximum absolute atomic E-state index is 10.8. The summed E-state index contributed by atoms with van der Waals surface area (Å²) in [6, 6.07) is 18.1. The normalized spacial score (nSPS) is 10.6. The minimum atomic E-state index is 0.614. The third-order valence-corrected chi connectivity index (χ3v) is 2.90. The van der Waals surface area contributed by atoms with Crippen LogP contribution in [0.3, 0.4) is 0 Å². The van der Waals surface area contributed by atoms with Crippen LogP contribution in [0.4, 0.5) is 0 Å². The Morgan fingerprint density at radius 2 is 1.76 bits per heavy atom. The number of carbonyl (C=O) groups excluding carboxylic acids is 1. The van der Waals surface area contributed by atoms with Crippen LogP contribution in [0.15, 0.2) is 54.6 Å². The number of hydrogen-bond acceptors (Lipinski definition) is 1. The van der Waals surface area contributed by atoms with Gasteiger partial charge in [0.1, 0.15) is 0 Å². The summed E-state index contributed by atoms with van der Waals surface area (Å²) in [6.07, 6.45) is 0.842. The van der Waals surface area contributed by atoms with E-state index in [1.54, 1.807) is 0 Å². The average Bonchev–Trinajstić information content (AvgIpc) is 2.82. The number of aromatic amines is 1. The van der Waals surface area contributed by atoms with E-state index in [2.05, 4.69) is 23.2 Å². The maximum Gasteiger partial charge on any atom is 0.166 e. The standard InChI is InChI=1S/C15H11NO/c17-10-12-9-14-13(7-4-8-15(14)16-12)11-5-2-1-3-6-11/h1-10,16H. The van der Waals surface area contributed by atoms with Gasteiger partial charge < -0.3 is 4.98 Å². The fourth-order valence-electron chi connectivity index (χ4n) is 2.11. The third kappa shape index (κ3) is 1.64. The van der Waals surface area contributed by atoms with Gasteiger partial charge in [0.2, 0.25) is 0 Å². The van der Waals surface area contributed by atoms with E-state index in [4.69, 9.17) is 0 Å². The molecule has 0 radical (unpaired) electrons. The number of nitrogens with one attached hydrogen (secondary N) is 1. The fraction of sp³-hybridized carbons (Fsp3) is 0. The lowest BCUT2D eigenvalue weighted by Gasteiger charge is -2.02. The molecule has 82 valence electrons. The van der Waals surface area contributed by atoms with Crippen molar-refractivity contribution in [3.8, 4) is 11.1 Å². The van der Waals surface area contributed by atoms with E-state index in [1.165, 1.54) is 0 Å². The number of carbonyl (C=O) groups is 1. The molecule has 0 aliphatic heterocycles. The second-order valence-corrected chi connectivity index (χ2v) is 3.98. The highest BCUT2D eigenvalue weighted by atomic mass is 16.1. The summed E-state index contributed by atoms with van der Waals surface area (Å²) in [6.45, 7) is 0. The molecule has 0 saturated heterocycles. The van der Waals surface area contributed by atoms with Crippen LogP contribution in [0.2, 0.25) is 0 Å². The van der Waals surface area contributed by atoms with Gasteiger partial charge in [0, 0.05) is 10.9 Å². The molecule has 0 aliphatic carbocycles. The van der Waals surface area contributed by atoms with E-state index in [0.717, 1.165) is 28.3 Å². The van der Waals surface area contributed by atoms with Crippen molar-refractivity contribution < 1.29 is 4.79 Å². The van der Waals surface area contributed by atoms with Crippen LogP contribution < -0.4 is 0 Å². The van der Waals surface area contributed by atoms with E-state index < -0.39 is 0 Å². The summed E-state index contributed by atoms with van der Waals surface area (Å²) >= 11 is 0. The summed E-state index contributed by atoms with van der Waals surface area (Å²) in [5, 5.41) is 1.08. The van der Waals surface area contributed by atoms with Gasteiger partial charge in [-0.05, 0) is 23.3 Å². The first-order chi connectivity index (χ1) is 8.38. The molecule has 0 fully saturated rings. The zero-order valence-corrected chi connectivity index (χ0v) is 9.18. The SMILES string of the molecule is O=Cc1cc2c(-c3ccccc3)cccc2[nH]1. The van der Waals surface area contributed by atoms with Crippen molar-refractivity contribution in [2.24, 2.45) is 0 Å². The molecule has 2 nitrogen and oxygen atoms in total. The first kappa shape index (κ1) is 9.85. The molecule has 1 heterocycles.